The van der Waals surface area contributed by atoms with Crippen molar-refractivity contribution < 1.29 is 13.2 Å². The topological polar surface area (TPSA) is 67.4 Å². The molecule has 0 amide bonds. The van der Waals surface area contributed by atoms with Gasteiger partial charge >= 0.3 is 0 Å². The van der Waals surface area contributed by atoms with Gasteiger partial charge in [0.25, 0.3) is 10.2 Å². The predicted octanol–water partition coefficient (Wildman–Crippen LogP) is 1.07. The van der Waals surface area contributed by atoms with Gasteiger partial charge in [-0.05, 0) is 30.9 Å². The summed E-state index contributed by atoms with van der Waals surface area (Å²) < 4.78 is 32.1. The lowest BCUT2D eigenvalue weighted by atomic mass is 10.1. The molecule has 0 aromatic heterocycles. The number of para-hydroxylation sites is 1. The number of hydrogen-bond acceptors (Lipinski definition) is 3. The van der Waals surface area contributed by atoms with Crippen molar-refractivity contribution in [3.05, 3.63) is 29.8 Å². The number of nitrogens with one attached hydrogen (secondary N) is 2. The second-order valence-corrected chi connectivity index (χ2v) is 5.57. The summed E-state index contributed by atoms with van der Waals surface area (Å²) in [6.07, 6.45) is 2.58. The molecule has 1 aromatic rings. The Bertz CT molecular complexity index is 460. The van der Waals surface area contributed by atoms with Crippen molar-refractivity contribution in [1.29, 1.82) is 0 Å². The van der Waals surface area contributed by atoms with Crippen molar-refractivity contribution in [3.63, 3.8) is 0 Å². The summed E-state index contributed by atoms with van der Waals surface area (Å²) in [7, 11) is -0.263. The molecule has 0 spiro atoms. The van der Waals surface area contributed by atoms with Gasteiger partial charge in [-0.1, -0.05) is 18.2 Å². The van der Waals surface area contributed by atoms with E-state index in [-0.39, 0.29) is 0 Å². The zero-order valence-electron chi connectivity index (χ0n) is 10.8. The number of aryl methyl sites for hydroxylation is 1. The highest BCUT2D eigenvalue weighted by Gasteiger charge is 2.04. The van der Waals surface area contributed by atoms with Crippen LogP contribution in [0.4, 0.5) is 0 Å². The summed E-state index contributed by atoms with van der Waals surface area (Å²) in [6, 6.07) is 7.86. The van der Waals surface area contributed by atoms with Crippen LogP contribution < -0.4 is 14.2 Å². The number of rotatable bonds is 8. The number of benzene rings is 1. The number of methoxy groups -OCH3 is 1. The molecule has 102 valence electrons. The van der Waals surface area contributed by atoms with Crippen LogP contribution in [-0.2, 0) is 16.6 Å². The zero-order valence-corrected chi connectivity index (χ0v) is 11.6. The molecular weight excluding hydrogens is 252 g/mol. The van der Waals surface area contributed by atoms with Crippen LogP contribution in [0.3, 0.4) is 0 Å². The van der Waals surface area contributed by atoms with Gasteiger partial charge in [-0.25, -0.2) is 9.44 Å². The third kappa shape index (κ3) is 5.03. The molecule has 1 rings (SSSR count). The maximum absolute atomic E-state index is 11.1. The van der Waals surface area contributed by atoms with Crippen LogP contribution in [0.5, 0.6) is 5.75 Å². The molecule has 0 aliphatic heterocycles. The van der Waals surface area contributed by atoms with Gasteiger partial charge in [0.1, 0.15) is 5.75 Å². The summed E-state index contributed by atoms with van der Waals surface area (Å²) in [4.78, 5) is 0. The summed E-state index contributed by atoms with van der Waals surface area (Å²) in [5.74, 6) is 0.883. The molecule has 5 nitrogen and oxygen atoms in total. The van der Waals surface area contributed by atoms with Gasteiger partial charge < -0.3 is 4.74 Å². The molecule has 0 aliphatic carbocycles. The fourth-order valence-electron chi connectivity index (χ4n) is 1.63. The molecule has 0 heterocycles. The molecule has 18 heavy (non-hydrogen) atoms. The van der Waals surface area contributed by atoms with E-state index in [1.807, 2.05) is 24.3 Å². The van der Waals surface area contributed by atoms with Gasteiger partial charge in [0.05, 0.1) is 7.11 Å². The monoisotopic (exact) mass is 272 g/mol. The van der Waals surface area contributed by atoms with Gasteiger partial charge in [0.15, 0.2) is 0 Å². The molecule has 2 N–H and O–H groups in total. The Morgan fingerprint density at radius 1 is 1.22 bits per heavy atom. The van der Waals surface area contributed by atoms with Crippen LogP contribution in [0.1, 0.15) is 18.4 Å². The summed E-state index contributed by atoms with van der Waals surface area (Å²) in [6.45, 7) is 0.443. The molecule has 0 unspecified atom stereocenters. The highest BCUT2D eigenvalue weighted by molar-refractivity contribution is 7.87. The standard InChI is InChI=1S/C12H20N2O3S/c1-13-18(15,16)14-10-6-5-8-11-7-3-4-9-12(11)17-2/h3-4,7,9,13-14H,5-6,8,10H2,1-2H3. The molecule has 0 bridgehead atoms. The lowest BCUT2D eigenvalue weighted by molar-refractivity contribution is 0.409. The normalized spacial score (nSPS) is 11.4. The van der Waals surface area contributed by atoms with Crippen molar-refractivity contribution in [2.24, 2.45) is 0 Å². The maximum Gasteiger partial charge on any atom is 0.276 e. The van der Waals surface area contributed by atoms with E-state index in [1.165, 1.54) is 7.05 Å². The van der Waals surface area contributed by atoms with E-state index in [1.54, 1.807) is 7.11 Å². The van der Waals surface area contributed by atoms with Gasteiger partial charge in [-0.3, -0.25) is 0 Å². The Morgan fingerprint density at radius 3 is 2.61 bits per heavy atom. The lowest BCUT2D eigenvalue weighted by Crippen LogP contribution is -2.34. The molecule has 0 radical (unpaired) electrons. The highest BCUT2D eigenvalue weighted by atomic mass is 32.2. The second kappa shape index (κ2) is 7.35. The first-order valence-electron chi connectivity index (χ1n) is 5.89. The van der Waals surface area contributed by atoms with Crippen molar-refractivity contribution in [3.8, 4) is 5.75 Å². The van der Waals surface area contributed by atoms with E-state index in [0.29, 0.717) is 6.54 Å². The van der Waals surface area contributed by atoms with E-state index in [2.05, 4.69) is 9.44 Å². The highest BCUT2D eigenvalue weighted by Crippen LogP contribution is 2.19. The van der Waals surface area contributed by atoms with Gasteiger partial charge in [0, 0.05) is 13.6 Å². The Balaban J connectivity index is 2.30. The van der Waals surface area contributed by atoms with Crippen molar-refractivity contribution >= 4 is 10.2 Å². The van der Waals surface area contributed by atoms with Gasteiger partial charge in [-0.15, -0.1) is 0 Å². The quantitative estimate of drug-likeness (QED) is 0.696. The third-order valence-corrected chi connectivity index (χ3v) is 3.75. The Morgan fingerprint density at radius 2 is 1.94 bits per heavy atom. The first kappa shape index (κ1) is 14.9. The number of unbranched alkanes of at least 4 members (excludes halogenated alkanes) is 1. The molecular formula is C12H20N2O3S. The molecule has 6 heteroatoms. The van der Waals surface area contributed by atoms with Crippen LogP contribution in [0.25, 0.3) is 0 Å². The summed E-state index contributed by atoms with van der Waals surface area (Å²) in [5, 5.41) is 0. The van der Waals surface area contributed by atoms with Crippen LogP contribution >= 0.6 is 0 Å². The fraction of sp³-hybridized carbons (Fsp3) is 0.500. The minimum atomic E-state index is -3.30. The molecule has 0 fully saturated rings. The first-order valence-corrected chi connectivity index (χ1v) is 7.37. The molecule has 0 saturated carbocycles. The molecule has 0 saturated heterocycles. The zero-order chi connectivity index (χ0) is 13.4. The van der Waals surface area contributed by atoms with E-state index >= 15 is 0 Å². The Labute approximate surface area is 109 Å². The van der Waals surface area contributed by atoms with E-state index < -0.39 is 10.2 Å². The molecule has 1 aromatic carbocycles. The smallest absolute Gasteiger partial charge is 0.276 e. The maximum atomic E-state index is 11.1. The van der Waals surface area contributed by atoms with Crippen LogP contribution in [0.15, 0.2) is 24.3 Å². The number of hydrogen-bond donors (Lipinski definition) is 2. The number of ether oxygens (including phenoxy) is 1. The fourth-order valence-corrected chi connectivity index (χ4v) is 2.19. The van der Waals surface area contributed by atoms with Crippen LogP contribution in [0, 0.1) is 0 Å². The van der Waals surface area contributed by atoms with Crippen LogP contribution in [-0.4, -0.2) is 29.1 Å². The second-order valence-electron chi connectivity index (χ2n) is 3.87. The third-order valence-electron chi connectivity index (χ3n) is 2.63. The first-order chi connectivity index (χ1) is 8.59. The lowest BCUT2D eigenvalue weighted by Gasteiger charge is -2.08. The predicted molar refractivity (Wildman–Crippen MR) is 71.9 cm³/mol. The van der Waals surface area contributed by atoms with Crippen molar-refractivity contribution in [2.45, 2.75) is 19.3 Å². The molecule has 0 aliphatic rings. The van der Waals surface area contributed by atoms with E-state index in [9.17, 15) is 8.42 Å². The van der Waals surface area contributed by atoms with E-state index in [0.717, 1.165) is 30.6 Å². The average Bonchev–Trinajstić information content (AvgIpc) is 2.38. The van der Waals surface area contributed by atoms with Gasteiger partial charge in [0.2, 0.25) is 0 Å². The largest absolute Gasteiger partial charge is 0.496 e. The summed E-state index contributed by atoms with van der Waals surface area (Å²) >= 11 is 0. The minimum absolute atomic E-state index is 0.443. The Hall–Kier alpha value is -1.11. The molecule has 0 atom stereocenters. The van der Waals surface area contributed by atoms with Crippen molar-refractivity contribution in [2.75, 3.05) is 20.7 Å². The SMILES string of the molecule is CNS(=O)(=O)NCCCCc1ccccc1OC. The van der Waals surface area contributed by atoms with Crippen LogP contribution in [0.2, 0.25) is 0 Å². The van der Waals surface area contributed by atoms with Gasteiger partial charge in [-0.2, -0.15) is 8.42 Å². The van der Waals surface area contributed by atoms with Crippen molar-refractivity contribution in [1.82, 2.24) is 9.44 Å². The van der Waals surface area contributed by atoms with E-state index in [4.69, 9.17) is 4.74 Å². The Kier molecular flexibility index (Phi) is 6.11. The minimum Gasteiger partial charge on any atom is -0.496 e. The summed E-state index contributed by atoms with van der Waals surface area (Å²) in [5.41, 5.74) is 1.15. The average molecular weight is 272 g/mol.